The third-order valence-corrected chi connectivity index (χ3v) is 2.80. The van der Waals surface area contributed by atoms with Gasteiger partial charge < -0.3 is 5.21 Å². The Morgan fingerprint density at radius 1 is 1.29 bits per heavy atom. The standard InChI is InChI=1S/C13H15N3O/c1-10-13(8-14-17)11(2)16(15-10)9-12-6-4-3-5-7-12/h3-8,17H,9H2,1-2H3/b14-8+. The Morgan fingerprint density at radius 3 is 2.65 bits per heavy atom. The molecule has 1 aromatic heterocycles. The van der Waals surface area contributed by atoms with Crippen LogP contribution in [-0.2, 0) is 6.54 Å². The zero-order valence-electron chi connectivity index (χ0n) is 9.96. The molecule has 0 aliphatic rings. The Morgan fingerprint density at radius 2 is 2.00 bits per heavy atom. The Kier molecular flexibility index (Phi) is 3.23. The highest BCUT2D eigenvalue weighted by atomic mass is 16.4. The van der Waals surface area contributed by atoms with Gasteiger partial charge in [0.25, 0.3) is 0 Å². The van der Waals surface area contributed by atoms with Gasteiger partial charge in [-0.25, -0.2) is 0 Å². The summed E-state index contributed by atoms with van der Waals surface area (Å²) >= 11 is 0. The average molecular weight is 229 g/mol. The fraction of sp³-hybridized carbons (Fsp3) is 0.231. The number of hydrogen-bond donors (Lipinski definition) is 1. The molecule has 4 heteroatoms. The minimum atomic E-state index is 0.729. The molecule has 0 saturated heterocycles. The molecule has 0 aliphatic heterocycles. The number of rotatable bonds is 3. The van der Waals surface area contributed by atoms with Crippen molar-refractivity contribution in [2.75, 3.05) is 0 Å². The van der Waals surface area contributed by atoms with Gasteiger partial charge in [-0.2, -0.15) is 5.10 Å². The van der Waals surface area contributed by atoms with Crippen molar-refractivity contribution in [3.8, 4) is 0 Å². The molecule has 0 amide bonds. The molecule has 88 valence electrons. The van der Waals surface area contributed by atoms with Crippen molar-refractivity contribution in [1.29, 1.82) is 0 Å². The van der Waals surface area contributed by atoms with Crippen molar-refractivity contribution in [1.82, 2.24) is 9.78 Å². The second kappa shape index (κ2) is 4.82. The summed E-state index contributed by atoms with van der Waals surface area (Å²) in [6.07, 6.45) is 1.43. The molecule has 0 radical (unpaired) electrons. The smallest absolute Gasteiger partial charge is 0.0770 e. The lowest BCUT2D eigenvalue weighted by Gasteiger charge is -2.04. The summed E-state index contributed by atoms with van der Waals surface area (Å²) in [6, 6.07) is 10.1. The molecule has 0 atom stereocenters. The van der Waals surface area contributed by atoms with Crippen LogP contribution in [0.25, 0.3) is 0 Å². The molecule has 0 spiro atoms. The number of nitrogens with zero attached hydrogens (tertiary/aromatic N) is 3. The monoisotopic (exact) mass is 229 g/mol. The van der Waals surface area contributed by atoms with Gasteiger partial charge in [-0.05, 0) is 19.4 Å². The molecule has 17 heavy (non-hydrogen) atoms. The normalized spacial score (nSPS) is 11.2. The zero-order chi connectivity index (χ0) is 12.3. The minimum Gasteiger partial charge on any atom is -0.411 e. The van der Waals surface area contributed by atoms with Crippen LogP contribution in [0, 0.1) is 13.8 Å². The first-order chi connectivity index (χ1) is 8.22. The van der Waals surface area contributed by atoms with Gasteiger partial charge in [0.05, 0.1) is 18.5 Å². The molecule has 1 N–H and O–H groups in total. The van der Waals surface area contributed by atoms with Crippen molar-refractivity contribution in [2.24, 2.45) is 5.16 Å². The predicted molar refractivity (Wildman–Crippen MR) is 66.6 cm³/mol. The first-order valence-corrected chi connectivity index (χ1v) is 5.47. The molecule has 0 aliphatic carbocycles. The Bertz CT molecular complexity index is 529. The van der Waals surface area contributed by atoms with Crippen LogP contribution in [0.5, 0.6) is 0 Å². The molecule has 2 rings (SSSR count). The second-order valence-corrected chi connectivity index (χ2v) is 3.97. The summed E-state index contributed by atoms with van der Waals surface area (Å²) in [5.74, 6) is 0. The Hall–Kier alpha value is -2.10. The predicted octanol–water partition coefficient (Wildman–Crippen LogP) is 2.36. The molecule has 2 aromatic rings. The van der Waals surface area contributed by atoms with Crippen LogP contribution in [0.3, 0.4) is 0 Å². The first kappa shape index (κ1) is 11.4. The zero-order valence-corrected chi connectivity index (χ0v) is 9.96. The number of aromatic nitrogens is 2. The number of oxime groups is 1. The van der Waals surface area contributed by atoms with E-state index in [2.05, 4.69) is 22.4 Å². The molecule has 1 heterocycles. The van der Waals surface area contributed by atoms with Gasteiger partial charge in [0.15, 0.2) is 0 Å². The maximum atomic E-state index is 8.60. The fourth-order valence-electron chi connectivity index (χ4n) is 1.87. The molecule has 1 aromatic carbocycles. The second-order valence-electron chi connectivity index (χ2n) is 3.97. The molecular weight excluding hydrogens is 214 g/mol. The van der Waals surface area contributed by atoms with E-state index in [4.69, 9.17) is 5.21 Å². The van der Waals surface area contributed by atoms with E-state index in [0.29, 0.717) is 0 Å². The SMILES string of the molecule is Cc1nn(Cc2ccccc2)c(C)c1/C=N/O. The molecule has 0 unspecified atom stereocenters. The molecule has 0 fully saturated rings. The Labute approximate surface area is 100 Å². The van der Waals surface area contributed by atoms with Crippen LogP contribution in [0.2, 0.25) is 0 Å². The van der Waals surface area contributed by atoms with E-state index in [0.717, 1.165) is 23.5 Å². The third kappa shape index (κ3) is 2.36. The van der Waals surface area contributed by atoms with E-state index in [1.807, 2.05) is 36.7 Å². The summed E-state index contributed by atoms with van der Waals surface area (Å²) in [7, 11) is 0. The van der Waals surface area contributed by atoms with Crippen LogP contribution in [0.15, 0.2) is 35.5 Å². The third-order valence-electron chi connectivity index (χ3n) is 2.80. The van der Waals surface area contributed by atoms with Gasteiger partial charge in [0.1, 0.15) is 0 Å². The van der Waals surface area contributed by atoms with E-state index in [-0.39, 0.29) is 0 Å². The maximum Gasteiger partial charge on any atom is 0.0770 e. The van der Waals surface area contributed by atoms with Crippen LogP contribution in [0.4, 0.5) is 0 Å². The van der Waals surface area contributed by atoms with Gasteiger partial charge in [0, 0.05) is 11.3 Å². The molecule has 4 nitrogen and oxygen atoms in total. The summed E-state index contributed by atoms with van der Waals surface area (Å²) < 4.78 is 1.92. The van der Waals surface area contributed by atoms with E-state index in [1.54, 1.807) is 0 Å². The summed E-state index contributed by atoms with van der Waals surface area (Å²) in [5, 5.41) is 16.1. The largest absolute Gasteiger partial charge is 0.411 e. The van der Waals surface area contributed by atoms with Crippen molar-refractivity contribution < 1.29 is 5.21 Å². The highest BCUT2D eigenvalue weighted by Gasteiger charge is 2.09. The van der Waals surface area contributed by atoms with Gasteiger partial charge in [-0.15, -0.1) is 0 Å². The van der Waals surface area contributed by atoms with Crippen molar-refractivity contribution in [3.05, 3.63) is 52.8 Å². The van der Waals surface area contributed by atoms with Crippen molar-refractivity contribution in [2.45, 2.75) is 20.4 Å². The van der Waals surface area contributed by atoms with Gasteiger partial charge >= 0.3 is 0 Å². The van der Waals surface area contributed by atoms with Crippen molar-refractivity contribution in [3.63, 3.8) is 0 Å². The topological polar surface area (TPSA) is 50.4 Å². The molecular formula is C13H15N3O. The van der Waals surface area contributed by atoms with Gasteiger partial charge in [-0.1, -0.05) is 35.5 Å². The van der Waals surface area contributed by atoms with Gasteiger partial charge in [-0.3, -0.25) is 4.68 Å². The lowest BCUT2D eigenvalue weighted by Crippen LogP contribution is -2.04. The number of hydrogen-bond acceptors (Lipinski definition) is 3. The lowest BCUT2D eigenvalue weighted by molar-refractivity contribution is 0.322. The van der Waals surface area contributed by atoms with Crippen LogP contribution in [-0.4, -0.2) is 21.2 Å². The average Bonchev–Trinajstić information content (AvgIpc) is 2.59. The summed E-state index contributed by atoms with van der Waals surface area (Å²) in [5.41, 5.74) is 3.95. The van der Waals surface area contributed by atoms with E-state index in [1.165, 1.54) is 11.8 Å². The number of benzene rings is 1. The minimum absolute atomic E-state index is 0.729. The number of aryl methyl sites for hydroxylation is 1. The van der Waals surface area contributed by atoms with Crippen LogP contribution < -0.4 is 0 Å². The van der Waals surface area contributed by atoms with Crippen LogP contribution >= 0.6 is 0 Å². The van der Waals surface area contributed by atoms with E-state index in [9.17, 15) is 0 Å². The fourth-order valence-corrected chi connectivity index (χ4v) is 1.87. The van der Waals surface area contributed by atoms with E-state index >= 15 is 0 Å². The van der Waals surface area contributed by atoms with Crippen molar-refractivity contribution >= 4 is 6.21 Å². The summed E-state index contributed by atoms with van der Waals surface area (Å²) in [4.78, 5) is 0. The molecule has 0 saturated carbocycles. The first-order valence-electron chi connectivity index (χ1n) is 5.47. The highest BCUT2D eigenvalue weighted by Crippen LogP contribution is 2.12. The summed E-state index contributed by atoms with van der Waals surface area (Å²) in [6.45, 7) is 4.61. The Balaban J connectivity index is 2.32. The quantitative estimate of drug-likeness (QED) is 0.499. The van der Waals surface area contributed by atoms with Gasteiger partial charge in [0.2, 0.25) is 0 Å². The highest BCUT2D eigenvalue weighted by molar-refractivity contribution is 5.82. The lowest BCUT2D eigenvalue weighted by atomic mass is 10.2. The maximum absolute atomic E-state index is 8.60. The van der Waals surface area contributed by atoms with E-state index < -0.39 is 0 Å². The van der Waals surface area contributed by atoms with Crippen LogP contribution in [0.1, 0.15) is 22.5 Å². The molecule has 0 bridgehead atoms.